The fraction of sp³-hybridized carbons (Fsp3) is 0.125. The summed E-state index contributed by atoms with van der Waals surface area (Å²) in [6, 6.07) is 5.92. The van der Waals surface area contributed by atoms with Gasteiger partial charge in [0.15, 0.2) is 0 Å². The molecule has 4 rings (SSSR count). The zero-order chi connectivity index (χ0) is 19.3. The van der Waals surface area contributed by atoms with Gasteiger partial charge in [-0.2, -0.15) is 18.3 Å². The number of benzene rings is 1. The zero-order valence-electron chi connectivity index (χ0n) is 13.6. The van der Waals surface area contributed by atoms with E-state index in [0.717, 1.165) is 0 Å². The number of hydrogen-bond acceptors (Lipinski definition) is 5. The molecule has 4 aromatic rings. The molecule has 0 aliphatic rings. The number of pyridine rings is 1. The molecule has 0 spiro atoms. The fourth-order valence-electron chi connectivity index (χ4n) is 2.69. The predicted molar refractivity (Wildman–Crippen MR) is 87.7 cm³/mol. The van der Waals surface area contributed by atoms with Crippen LogP contribution in [0.15, 0.2) is 41.5 Å². The molecule has 8 nitrogen and oxygen atoms in total. The van der Waals surface area contributed by atoms with Crippen LogP contribution in [0, 0.1) is 0 Å². The lowest BCUT2D eigenvalue weighted by molar-refractivity contribution is -0.200. The maximum Gasteiger partial charge on any atom is 0.493 e. The van der Waals surface area contributed by atoms with E-state index in [1.807, 2.05) is 0 Å². The molecule has 138 valence electrons. The smallest absolute Gasteiger partial charge is 0.322 e. The van der Waals surface area contributed by atoms with E-state index in [0.29, 0.717) is 26.7 Å². The van der Waals surface area contributed by atoms with Crippen molar-refractivity contribution >= 4 is 27.8 Å². The highest BCUT2D eigenvalue weighted by molar-refractivity contribution is 6.01. The van der Waals surface area contributed by atoms with E-state index >= 15 is 0 Å². The van der Waals surface area contributed by atoms with Crippen LogP contribution in [0.3, 0.4) is 0 Å². The molecule has 0 bridgehead atoms. The Bertz CT molecular complexity index is 1250. The fourth-order valence-corrected chi connectivity index (χ4v) is 2.69. The maximum atomic E-state index is 12.6. The first kappa shape index (κ1) is 16.8. The van der Waals surface area contributed by atoms with Crippen molar-refractivity contribution in [3.8, 4) is 11.3 Å². The summed E-state index contributed by atoms with van der Waals surface area (Å²) < 4.78 is 39.3. The Morgan fingerprint density at radius 2 is 2.04 bits per heavy atom. The molecule has 11 heteroatoms. The van der Waals surface area contributed by atoms with Crippen LogP contribution in [0.2, 0.25) is 0 Å². The van der Waals surface area contributed by atoms with Crippen LogP contribution in [0.25, 0.3) is 33.1 Å². The molecule has 27 heavy (non-hydrogen) atoms. The summed E-state index contributed by atoms with van der Waals surface area (Å²) in [7, 11) is 1.67. The number of H-pyrrole nitrogens is 1. The molecule has 0 saturated carbocycles. The molecule has 0 fully saturated rings. The van der Waals surface area contributed by atoms with Crippen molar-refractivity contribution in [2.75, 3.05) is 0 Å². The molecule has 0 aliphatic heterocycles. The second-order valence-corrected chi connectivity index (χ2v) is 5.78. The van der Waals surface area contributed by atoms with E-state index in [-0.39, 0.29) is 16.8 Å². The van der Waals surface area contributed by atoms with Crippen LogP contribution >= 0.6 is 0 Å². The molecule has 0 atom stereocenters. The van der Waals surface area contributed by atoms with Gasteiger partial charge in [0.05, 0.1) is 11.7 Å². The van der Waals surface area contributed by atoms with Gasteiger partial charge in [-0.1, -0.05) is 4.85 Å². The Balaban J connectivity index is 1.98. The minimum absolute atomic E-state index is 0.0841. The average molecular weight is 377 g/mol. The quantitative estimate of drug-likeness (QED) is 0.575. The first-order valence-corrected chi connectivity index (χ1v) is 7.57. The molecular formula is C16H10F3N5O3. The van der Waals surface area contributed by atoms with Crippen LogP contribution in [-0.2, 0) is 11.8 Å². The number of carbonyl (C=O) groups excluding carboxylic acids is 1. The Morgan fingerprint density at radius 1 is 1.26 bits per heavy atom. The number of fused-ring (bicyclic) bond motifs is 2. The molecule has 0 aliphatic carbocycles. The number of alkyl halides is 3. The molecule has 0 unspecified atom stereocenters. The normalized spacial score (nSPS) is 12.0. The zero-order valence-corrected chi connectivity index (χ0v) is 13.6. The summed E-state index contributed by atoms with van der Waals surface area (Å²) in [5, 5.41) is 9.08. The Morgan fingerprint density at radius 3 is 2.70 bits per heavy atom. The number of aromatic amines is 1. The number of nitrogens with zero attached hydrogens (tertiary/aromatic N) is 4. The summed E-state index contributed by atoms with van der Waals surface area (Å²) in [5.41, 5.74) is 0.861. The van der Waals surface area contributed by atoms with Crippen LogP contribution in [0.4, 0.5) is 13.2 Å². The van der Waals surface area contributed by atoms with E-state index in [4.69, 9.17) is 0 Å². The molecule has 3 aromatic heterocycles. The van der Waals surface area contributed by atoms with Crippen molar-refractivity contribution in [1.29, 1.82) is 0 Å². The lowest BCUT2D eigenvalue weighted by atomic mass is 10.1. The van der Waals surface area contributed by atoms with Gasteiger partial charge in [0.1, 0.15) is 11.2 Å². The molecule has 1 aromatic carbocycles. The van der Waals surface area contributed by atoms with Gasteiger partial charge in [0.2, 0.25) is 5.56 Å². The number of aryl methyl sites for hydroxylation is 1. The third kappa shape index (κ3) is 2.92. The largest absolute Gasteiger partial charge is 0.493 e. The van der Waals surface area contributed by atoms with Crippen molar-refractivity contribution in [3.63, 3.8) is 0 Å². The van der Waals surface area contributed by atoms with Gasteiger partial charge < -0.3 is 9.82 Å². The van der Waals surface area contributed by atoms with E-state index in [1.54, 1.807) is 25.4 Å². The van der Waals surface area contributed by atoms with Crippen LogP contribution in [0.5, 0.6) is 0 Å². The Hall–Kier alpha value is -3.63. The highest BCUT2D eigenvalue weighted by atomic mass is 19.4. The SMILES string of the molecule is Cn1cc(-c2nn(OC(=O)C(F)(F)F)c3cc4[nH]c(=O)ccc4cc23)cn1. The first-order valence-electron chi connectivity index (χ1n) is 7.57. The van der Waals surface area contributed by atoms with E-state index in [2.05, 4.69) is 20.0 Å². The summed E-state index contributed by atoms with van der Waals surface area (Å²) in [6.07, 6.45) is -2.08. The van der Waals surface area contributed by atoms with Gasteiger partial charge in [-0.15, -0.1) is 5.10 Å². The second-order valence-electron chi connectivity index (χ2n) is 5.78. The Kier molecular flexibility index (Phi) is 3.54. The van der Waals surface area contributed by atoms with Crippen molar-refractivity contribution in [1.82, 2.24) is 24.7 Å². The van der Waals surface area contributed by atoms with E-state index < -0.39 is 12.1 Å². The molecular weight excluding hydrogens is 367 g/mol. The molecule has 0 saturated heterocycles. The van der Waals surface area contributed by atoms with Crippen molar-refractivity contribution in [2.24, 2.45) is 7.05 Å². The topological polar surface area (TPSA) is 94.8 Å². The first-order chi connectivity index (χ1) is 12.7. The standard InChI is InChI=1S/C16H10F3N5O3/c1-23-7-9(6-20-23)14-10-4-8-2-3-13(25)21-11(8)5-12(10)24(22-14)27-15(26)16(17,18)19/h2-7H,1H3,(H,21,25). The van der Waals surface area contributed by atoms with Crippen molar-refractivity contribution < 1.29 is 22.8 Å². The number of rotatable bonds is 2. The molecule has 0 radical (unpaired) electrons. The number of aromatic nitrogens is 5. The van der Waals surface area contributed by atoms with Gasteiger partial charge >= 0.3 is 12.1 Å². The monoisotopic (exact) mass is 377 g/mol. The lowest BCUT2D eigenvalue weighted by Crippen LogP contribution is -2.33. The van der Waals surface area contributed by atoms with Crippen molar-refractivity contribution in [3.05, 3.63) is 47.0 Å². The van der Waals surface area contributed by atoms with Gasteiger partial charge in [-0.25, -0.2) is 4.79 Å². The number of hydrogen-bond donors (Lipinski definition) is 1. The average Bonchev–Trinajstić information content (AvgIpc) is 3.16. The number of carbonyl (C=O) groups is 1. The van der Waals surface area contributed by atoms with Gasteiger partial charge in [-0.3, -0.25) is 9.48 Å². The highest BCUT2D eigenvalue weighted by Gasteiger charge is 2.42. The van der Waals surface area contributed by atoms with E-state index in [1.165, 1.54) is 23.0 Å². The van der Waals surface area contributed by atoms with E-state index in [9.17, 15) is 22.8 Å². The lowest BCUT2D eigenvalue weighted by Gasteiger charge is -2.06. The van der Waals surface area contributed by atoms with Crippen LogP contribution in [0.1, 0.15) is 0 Å². The third-order valence-corrected chi connectivity index (χ3v) is 3.87. The Labute approximate surface area is 147 Å². The minimum atomic E-state index is -5.18. The van der Waals surface area contributed by atoms with Crippen molar-refractivity contribution in [2.45, 2.75) is 6.18 Å². The molecule has 3 heterocycles. The summed E-state index contributed by atoms with van der Waals surface area (Å²) >= 11 is 0. The second kappa shape index (κ2) is 5.69. The minimum Gasteiger partial charge on any atom is -0.322 e. The molecule has 0 amide bonds. The summed E-state index contributed by atoms with van der Waals surface area (Å²) in [6.45, 7) is 0. The van der Waals surface area contributed by atoms with Crippen LogP contribution < -0.4 is 10.4 Å². The third-order valence-electron chi connectivity index (χ3n) is 3.87. The summed E-state index contributed by atoms with van der Waals surface area (Å²) in [4.78, 5) is 30.3. The van der Waals surface area contributed by atoms with Gasteiger partial charge in [-0.05, 0) is 23.6 Å². The van der Waals surface area contributed by atoms with Gasteiger partial charge in [0, 0.05) is 30.3 Å². The summed E-state index contributed by atoms with van der Waals surface area (Å²) in [5.74, 6) is -2.41. The predicted octanol–water partition coefficient (Wildman–Crippen LogP) is 1.80. The van der Waals surface area contributed by atoms with Crippen LogP contribution in [-0.4, -0.2) is 36.9 Å². The molecule has 1 N–H and O–H groups in total. The number of nitrogens with one attached hydrogen (secondary N) is 1. The van der Waals surface area contributed by atoms with Gasteiger partial charge in [0.25, 0.3) is 0 Å². The highest BCUT2D eigenvalue weighted by Crippen LogP contribution is 2.30. The maximum absolute atomic E-state index is 12.6. The number of halogens is 3.